The van der Waals surface area contributed by atoms with Gasteiger partial charge < -0.3 is 8.48 Å². The Morgan fingerprint density at radius 3 is 2.92 bits per heavy atom. The van der Waals surface area contributed by atoms with Crippen LogP contribution in [0.3, 0.4) is 0 Å². The van der Waals surface area contributed by atoms with Crippen LogP contribution in [0.15, 0.2) is 12.3 Å². The maximum atomic E-state index is 11.0. The highest BCUT2D eigenvalue weighted by molar-refractivity contribution is 14.1. The highest BCUT2D eigenvalue weighted by Crippen LogP contribution is 2.30. The molecule has 0 aliphatic carbocycles. The third-order valence-corrected chi connectivity index (χ3v) is 2.44. The van der Waals surface area contributed by atoms with Crippen LogP contribution >= 0.6 is 33.1 Å². The van der Waals surface area contributed by atoms with Gasteiger partial charge >= 0.3 is 0 Å². The predicted molar refractivity (Wildman–Crippen MR) is 54.5 cm³/mol. The van der Waals surface area contributed by atoms with Gasteiger partial charge in [-0.1, -0.05) is 11.6 Å². The molecule has 1 heterocycles. The average Bonchev–Trinajstić information content (AvgIpc) is 2.03. The molecule has 1 rings (SSSR count). The third-order valence-electron chi connectivity index (χ3n) is 1.32. The first-order valence-corrected chi connectivity index (χ1v) is 5.25. The van der Waals surface area contributed by atoms with Crippen molar-refractivity contribution in [2.75, 3.05) is 3.28 Å². The molecule has 4 nitrogen and oxygen atoms in total. The molecule has 0 bridgehead atoms. The van der Waals surface area contributed by atoms with Gasteiger partial charge in [0, 0.05) is 6.20 Å². The van der Waals surface area contributed by atoms with Crippen LogP contribution in [-0.2, 0) is 3.07 Å². The van der Waals surface area contributed by atoms with Crippen molar-refractivity contribution in [3.63, 3.8) is 0 Å². The molecular formula is C6H5ClIN2O2-. The Kier molecular flexibility index (Phi) is 3.36. The van der Waals surface area contributed by atoms with Gasteiger partial charge in [-0.25, -0.2) is 8.05 Å². The summed E-state index contributed by atoms with van der Waals surface area (Å²) in [6, 6.07) is 1.64. The number of aryl methyl sites for hydroxylation is 1. The second kappa shape index (κ2) is 4.11. The Labute approximate surface area is 85.1 Å². The minimum absolute atomic E-state index is 0.0977. The molecule has 0 saturated heterocycles. The molecular weight excluding hydrogens is 294 g/mol. The zero-order chi connectivity index (χ0) is 9.14. The summed E-state index contributed by atoms with van der Waals surface area (Å²) in [7, 11) is 0. The SMILES string of the molecule is Cc1ccnc(Cl)c1N([O-])I=O. The highest BCUT2D eigenvalue weighted by Gasteiger charge is 2.05. The van der Waals surface area contributed by atoms with Gasteiger partial charge in [-0.15, -0.1) is 0 Å². The van der Waals surface area contributed by atoms with Crippen molar-refractivity contribution in [3.05, 3.63) is 28.2 Å². The molecule has 12 heavy (non-hydrogen) atoms. The summed E-state index contributed by atoms with van der Waals surface area (Å²) >= 11 is 3.86. The van der Waals surface area contributed by atoms with Crippen molar-refractivity contribution >= 4 is 38.8 Å². The van der Waals surface area contributed by atoms with Gasteiger partial charge in [0.25, 0.3) is 21.5 Å². The summed E-state index contributed by atoms with van der Waals surface area (Å²) in [6.07, 6.45) is 1.50. The highest BCUT2D eigenvalue weighted by atomic mass is 127. The Morgan fingerprint density at radius 2 is 2.42 bits per heavy atom. The molecule has 1 aromatic rings. The molecule has 0 saturated carbocycles. The number of aromatic nitrogens is 1. The summed E-state index contributed by atoms with van der Waals surface area (Å²) in [5.41, 5.74) is 0.891. The maximum absolute atomic E-state index is 11.0. The lowest BCUT2D eigenvalue weighted by atomic mass is 10.3. The molecule has 0 fully saturated rings. The first kappa shape index (κ1) is 9.82. The van der Waals surface area contributed by atoms with E-state index in [4.69, 9.17) is 11.6 Å². The quantitative estimate of drug-likeness (QED) is 0.364. The summed E-state index contributed by atoms with van der Waals surface area (Å²) in [4.78, 5) is 3.71. The van der Waals surface area contributed by atoms with E-state index in [0.717, 1.165) is 0 Å². The van der Waals surface area contributed by atoms with Crippen molar-refractivity contribution in [1.29, 1.82) is 0 Å². The summed E-state index contributed by atoms with van der Waals surface area (Å²) in [6.45, 7) is 1.72. The van der Waals surface area contributed by atoms with Gasteiger partial charge in [0.2, 0.25) is 0 Å². The topological polar surface area (TPSA) is 56.3 Å². The molecule has 0 amide bonds. The van der Waals surface area contributed by atoms with Crippen molar-refractivity contribution < 1.29 is 3.07 Å². The van der Waals surface area contributed by atoms with Crippen molar-refractivity contribution in [2.45, 2.75) is 6.92 Å². The number of hydrogen-bond acceptors (Lipinski definition) is 3. The lowest BCUT2D eigenvalue weighted by molar-refractivity contribution is 0.647. The largest absolute Gasteiger partial charge is 0.747 e. The Hall–Kier alpha value is -0.270. The number of rotatable bonds is 2. The van der Waals surface area contributed by atoms with E-state index < -0.39 is 21.5 Å². The van der Waals surface area contributed by atoms with Gasteiger partial charge in [-0.3, -0.25) is 0 Å². The van der Waals surface area contributed by atoms with E-state index in [-0.39, 0.29) is 10.8 Å². The Morgan fingerprint density at radius 1 is 1.75 bits per heavy atom. The first-order valence-electron chi connectivity index (χ1n) is 3.02. The van der Waals surface area contributed by atoms with Crippen LogP contribution in [0.2, 0.25) is 5.15 Å². The van der Waals surface area contributed by atoms with E-state index in [1.165, 1.54) is 6.20 Å². The fourth-order valence-electron chi connectivity index (χ4n) is 0.763. The van der Waals surface area contributed by atoms with Crippen LogP contribution in [-0.4, -0.2) is 4.98 Å². The number of pyridine rings is 1. The molecule has 0 N–H and O–H groups in total. The Balaban J connectivity index is 3.20. The van der Waals surface area contributed by atoms with E-state index in [2.05, 4.69) is 4.98 Å². The number of hydrogen-bond donors (Lipinski definition) is 0. The first-order chi connectivity index (χ1) is 5.66. The van der Waals surface area contributed by atoms with Gasteiger partial charge in [0.15, 0.2) is 5.15 Å². The summed E-state index contributed by atoms with van der Waals surface area (Å²) < 4.78 is 10.8. The van der Waals surface area contributed by atoms with Crippen molar-refractivity contribution in [2.24, 2.45) is 0 Å². The molecule has 0 aliphatic rings. The van der Waals surface area contributed by atoms with Crippen LogP contribution in [0, 0.1) is 12.1 Å². The normalized spacial score (nSPS) is 9.92. The molecule has 0 atom stereocenters. The fraction of sp³-hybridized carbons (Fsp3) is 0.167. The van der Waals surface area contributed by atoms with Crippen LogP contribution in [0.1, 0.15) is 5.56 Å². The van der Waals surface area contributed by atoms with Crippen LogP contribution < -0.4 is 3.28 Å². The molecule has 0 radical (unpaired) electrons. The van der Waals surface area contributed by atoms with E-state index in [9.17, 15) is 8.28 Å². The number of nitrogens with zero attached hydrogens (tertiary/aromatic N) is 2. The number of anilines is 1. The monoisotopic (exact) mass is 299 g/mol. The van der Waals surface area contributed by atoms with Crippen molar-refractivity contribution in [3.8, 4) is 0 Å². The van der Waals surface area contributed by atoms with Crippen LogP contribution in [0.4, 0.5) is 5.69 Å². The second-order valence-electron chi connectivity index (χ2n) is 2.08. The van der Waals surface area contributed by atoms with E-state index in [1.807, 2.05) is 0 Å². The lowest BCUT2D eigenvalue weighted by Crippen LogP contribution is -2.01. The fourth-order valence-corrected chi connectivity index (χ4v) is 1.99. The van der Waals surface area contributed by atoms with Crippen LogP contribution in [0.25, 0.3) is 0 Å². The predicted octanol–water partition coefficient (Wildman–Crippen LogP) is 2.58. The molecule has 0 unspecified atom stereocenters. The van der Waals surface area contributed by atoms with Crippen LogP contribution in [0.5, 0.6) is 0 Å². The Bertz CT molecular complexity index is 287. The molecule has 0 spiro atoms. The number of halogens is 2. The maximum Gasteiger partial charge on any atom is 0.262 e. The summed E-state index contributed by atoms with van der Waals surface area (Å²) in [5.74, 6) is 0. The molecule has 0 aromatic carbocycles. The van der Waals surface area contributed by atoms with Gasteiger partial charge in [-0.05, 0) is 18.6 Å². The third kappa shape index (κ3) is 1.90. The minimum atomic E-state index is -1.76. The molecule has 6 heteroatoms. The van der Waals surface area contributed by atoms with E-state index in [0.29, 0.717) is 8.84 Å². The zero-order valence-electron chi connectivity index (χ0n) is 6.12. The van der Waals surface area contributed by atoms with Gasteiger partial charge in [-0.2, -0.15) is 0 Å². The van der Waals surface area contributed by atoms with Gasteiger partial charge in [0.05, 0.1) is 5.69 Å². The smallest absolute Gasteiger partial charge is 0.262 e. The molecule has 0 aliphatic heterocycles. The molecule has 66 valence electrons. The summed E-state index contributed by atoms with van der Waals surface area (Å²) in [5, 5.41) is 11.1. The lowest BCUT2D eigenvalue weighted by Gasteiger charge is -2.23. The zero-order valence-corrected chi connectivity index (χ0v) is 9.03. The average molecular weight is 299 g/mol. The van der Waals surface area contributed by atoms with Gasteiger partial charge in [0.1, 0.15) is 0 Å². The van der Waals surface area contributed by atoms with E-state index >= 15 is 0 Å². The molecule has 1 aromatic heterocycles. The standard InChI is InChI=1S/C6H5ClIN2O2/c1-4-2-3-9-6(7)5(4)10(12)8-11/h2-3H,1H3/q-1. The van der Waals surface area contributed by atoms with Crippen molar-refractivity contribution in [1.82, 2.24) is 4.98 Å². The second-order valence-corrected chi connectivity index (χ2v) is 3.71. The van der Waals surface area contributed by atoms with E-state index in [1.54, 1.807) is 13.0 Å². The minimum Gasteiger partial charge on any atom is -0.747 e.